The van der Waals surface area contributed by atoms with Crippen LogP contribution in [0.5, 0.6) is 0 Å². The fourth-order valence-corrected chi connectivity index (χ4v) is 1.43. The largest absolute Gasteiger partial charge is 0.269 e. The first kappa shape index (κ1) is 3.87. The van der Waals surface area contributed by atoms with Gasteiger partial charge < -0.3 is 0 Å². The molecule has 1 aliphatic carbocycles. The molecule has 1 heterocycles. The Balaban J connectivity index is 2.02. The third-order valence-corrected chi connectivity index (χ3v) is 2.01. The average molecular weight is 98.1 g/mol. The highest BCUT2D eigenvalue weighted by Crippen LogP contribution is 2.43. The summed E-state index contributed by atoms with van der Waals surface area (Å²) in [5, 5.41) is 1.93. The van der Waals surface area contributed by atoms with E-state index >= 15 is 0 Å². The molecule has 1 aliphatic heterocycles. The smallest absolute Gasteiger partial charge is 0.0160 e. The maximum absolute atomic E-state index is 5.49. The molecule has 1 saturated carbocycles. The second-order valence-electron chi connectivity index (χ2n) is 2.71. The summed E-state index contributed by atoms with van der Waals surface area (Å²) < 4.78 is 0. The van der Waals surface area contributed by atoms with Crippen LogP contribution in [0.4, 0.5) is 0 Å². The van der Waals surface area contributed by atoms with Crippen LogP contribution in [0.1, 0.15) is 6.42 Å². The Labute approximate surface area is 43.3 Å². The van der Waals surface area contributed by atoms with E-state index in [1.165, 1.54) is 6.42 Å². The Bertz CT molecular complexity index is 82.1. The van der Waals surface area contributed by atoms with Crippen LogP contribution in [0.25, 0.3) is 0 Å². The Morgan fingerprint density at radius 3 is 2.14 bits per heavy atom. The lowest BCUT2D eigenvalue weighted by molar-refractivity contribution is 0.317. The Morgan fingerprint density at radius 2 is 1.86 bits per heavy atom. The van der Waals surface area contributed by atoms with Crippen LogP contribution in [-0.4, -0.2) is 18.1 Å². The maximum Gasteiger partial charge on any atom is 0.0160 e. The highest BCUT2D eigenvalue weighted by Gasteiger charge is 2.43. The first-order valence-corrected chi connectivity index (χ1v) is 2.86. The standard InChI is InChI=1S/C5H10N2/c6-7-2-4-1-5(4)3-7/h4-5H,1-3,6H2/t4-,5+. The van der Waals surface area contributed by atoms with E-state index in [0.717, 1.165) is 24.9 Å². The molecule has 2 N–H and O–H groups in total. The van der Waals surface area contributed by atoms with Crippen LogP contribution in [0, 0.1) is 11.8 Å². The molecule has 0 spiro atoms. The lowest BCUT2D eigenvalue weighted by Gasteiger charge is -2.06. The van der Waals surface area contributed by atoms with E-state index in [-0.39, 0.29) is 0 Å². The molecule has 1 saturated heterocycles. The fourth-order valence-electron chi connectivity index (χ4n) is 1.43. The summed E-state index contributed by atoms with van der Waals surface area (Å²) in [6.45, 7) is 2.31. The topological polar surface area (TPSA) is 29.3 Å². The number of nitrogens with zero attached hydrogens (tertiary/aromatic N) is 1. The number of nitrogens with two attached hydrogens (primary N) is 1. The molecule has 2 aliphatic rings. The van der Waals surface area contributed by atoms with E-state index in [2.05, 4.69) is 0 Å². The molecule has 2 atom stereocenters. The molecule has 0 bridgehead atoms. The zero-order valence-electron chi connectivity index (χ0n) is 4.30. The molecular weight excluding hydrogens is 88.1 g/mol. The number of hydrogen-bond donors (Lipinski definition) is 1. The molecule has 0 unspecified atom stereocenters. The molecule has 2 heteroatoms. The van der Waals surface area contributed by atoms with Crippen LogP contribution in [0.15, 0.2) is 0 Å². The summed E-state index contributed by atoms with van der Waals surface area (Å²) in [6.07, 6.45) is 1.45. The first-order valence-electron chi connectivity index (χ1n) is 2.86. The molecule has 0 amide bonds. The van der Waals surface area contributed by atoms with Gasteiger partial charge in [-0.25, -0.2) is 5.01 Å². The number of piperidine rings is 1. The minimum absolute atomic E-state index is 0.991. The summed E-state index contributed by atoms with van der Waals surface area (Å²) in [5.74, 6) is 7.47. The van der Waals surface area contributed by atoms with Gasteiger partial charge in [0.1, 0.15) is 0 Å². The molecule has 7 heavy (non-hydrogen) atoms. The summed E-state index contributed by atoms with van der Waals surface area (Å²) >= 11 is 0. The molecule has 2 nitrogen and oxygen atoms in total. The van der Waals surface area contributed by atoms with Crippen LogP contribution in [0.2, 0.25) is 0 Å². The summed E-state index contributed by atoms with van der Waals surface area (Å²) in [7, 11) is 0. The normalized spacial score (nSPS) is 49.3. The van der Waals surface area contributed by atoms with Gasteiger partial charge in [-0.15, -0.1) is 0 Å². The van der Waals surface area contributed by atoms with E-state index in [4.69, 9.17) is 5.84 Å². The summed E-state index contributed by atoms with van der Waals surface area (Å²) in [5.41, 5.74) is 0. The molecule has 0 radical (unpaired) electrons. The second kappa shape index (κ2) is 1.01. The van der Waals surface area contributed by atoms with Gasteiger partial charge in [0.2, 0.25) is 0 Å². The molecule has 0 aromatic rings. The van der Waals surface area contributed by atoms with Crippen molar-refractivity contribution in [3.63, 3.8) is 0 Å². The van der Waals surface area contributed by atoms with Crippen molar-refractivity contribution < 1.29 is 0 Å². The lowest BCUT2D eigenvalue weighted by Crippen LogP contribution is -2.29. The molecule has 0 aromatic heterocycles. The van der Waals surface area contributed by atoms with Crippen molar-refractivity contribution >= 4 is 0 Å². The van der Waals surface area contributed by atoms with Gasteiger partial charge in [0.15, 0.2) is 0 Å². The monoisotopic (exact) mass is 98.1 g/mol. The number of hydrogen-bond acceptors (Lipinski definition) is 2. The summed E-state index contributed by atoms with van der Waals surface area (Å²) in [6, 6.07) is 0. The Morgan fingerprint density at radius 1 is 1.29 bits per heavy atom. The Hall–Kier alpha value is -0.0800. The average Bonchev–Trinajstić information content (AvgIpc) is 2.15. The van der Waals surface area contributed by atoms with Crippen LogP contribution in [0.3, 0.4) is 0 Å². The van der Waals surface area contributed by atoms with E-state index in [0.29, 0.717) is 0 Å². The third-order valence-electron chi connectivity index (χ3n) is 2.01. The zero-order valence-corrected chi connectivity index (χ0v) is 4.30. The van der Waals surface area contributed by atoms with E-state index in [9.17, 15) is 0 Å². The van der Waals surface area contributed by atoms with Crippen molar-refractivity contribution in [2.45, 2.75) is 6.42 Å². The van der Waals surface area contributed by atoms with Gasteiger partial charge >= 0.3 is 0 Å². The highest BCUT2D eigenvalue weighted by molar-refractivity contribution is 4.94. The maximum atomic E-state index is 5.49. The quantitative estimate of drug-likeness (QED) is 0.425. The van der Waals surface area contributed by atoms with Crippen molar-refractivity contribution in [2.24, 2.45) is 17.7 Å². The lowest BCUT2D eigenvalue weighted by atomic mass is 10.4. The zero-order chi connectivity index (χ0) is 4.85. The van der Waals surface area contributed by atoms with Crippen molar-refractivity contribution in [2.75, 3.05) is 13.1 Å². The molecule has 40 valence electrons. The van der Waals surface area contributed by atoms with Gasteiger partial charge in [0.05, 0.1) is 0 Å². The van der Waals surface area contributed by atoms with Gasteiger partial charge in [-0.1, -0.05) is 0 Å². The van der Waals surface area contributed by atoms with E-state index in [1.807, 2.05) is 5.01 Å². The van der Waals surface area contributed by atoms with E-state index < -0.39 is 0 Å². The molecule has 0 aromatic carbocycles. The molecular formula is C5H10N2. The molecule has 2 fully saturated rings. The minimum atomic E-state index is 0.991. The predicted molar refractivity (Wildman–Crippen MR) is 27.4 cm³/mol. The van der Waals surface area contributed by atoms with Gasteiger partial charge in [-0.05, 0) is 18.3 Å². The minimum Gasteiger partial charge on any atom is -0.269 e. The van der Waals surface area contributed by atoms with Crippen LogP contribution < -0.4 is 5.84 Å². The van der Waals surface area contributed by atoms with Gasteiger partial charge in [-0.3, -0.25) is 5.84 Å². The van der Waals surface area contributed by atoms with Crippen molar-refractivity contribution in [3.8, 4) is 0 Å². The summed E-state index contributed by atoms with van der Waals surface area (Å²) in [4.78, 5) is 0. The van der Waals surface area contributed by atoms with Crippen LogP contribution >= 0.6 is 0 Å². The van der Waals surface area contributed by atoms with E-state index in [1.54, 1.807) is 0 Å². The van der Waals surface area contributed by atoms with Crippen molar-refractivity contribution in [3.05, 3.63) is 0 Å². The van der Waals surface area contributed by atoms with Gasteiger partial charge in [-0.2, -0.15) is 0 Å². The SMILES string of the molecule is NN1C[C@H]2C[C@H]2C1. The molecule has 2 rings (SSSR count). The highest BCUT2D eigenvalue weighted by atomic mass is 15.4. The number of hydrazine groups is 1. The van der Waals surface area contributed by atoms with Gasteiger partial charge in [0.25, 0.3) is 0 Å². The van der Waals surface area contributed by atoms with Gasteiger partial charge in [0, 0.05) is 13.1 Å². The first-order chi connectivity index (χ1) is 3.36. The third kappa shape index (κ3) is 0.469. The predicted octanol–water partition coefficient (Wildman–Crippen LogP) is -0.188. The Kier molecular flexibility index (Phi) is 0.557. The number of rotatable bonds is 0. The second-order valence-corrected chi connectivity index (χ2v) is 2.71. The fraction of sp³-hybridized carbons (Fsp3) is 1.00. The number of fused-ring (bicyclic) bond motifs is 1. The van der Waals surface area contributed by atoms with Crippen molar-refractivity contribution in [1.29, 1.82) is 0 Å². The van der Waals surface area contributed by atoms with Crippen LogP contribution in [-0.2, 0) is 0 Å². The van der Waals surface area contributed by atoms with Crippen molar-refractivity contribution in [1.82, 2.24) is 5.01 Å².